The van der Waals surface area contributed by atoms with Crippen LogP contribution >= 0.6 is 0 Å². The highest BCUT2D eigenvalue weighted by Gasteiger charge is 2.35. The zero-order chi connectivity index (χ0) is 25.5. The lowest BCUT2D eigenvalue weighted by Crippen LogP contribution is -2.24. The predicted octanol–water partition coefficient (Wildman–Crippen LogP) is 1.42. The van der Waals surface area contributed by atoms with Gasteiger partial charge < -0.3 is 29.7 Å². The standard InChI is InChI=1S/C24H25N7O6/c1-30-9-17-22(29-24(30)34)28-21-15(5-2-6-16(21)36-17)35-7-3-4-13-20-23(26-11-25-13)31(12-27-20)19-8-14(33)18(10-32)37-19/h2,5-6,9,11-12,14,18-19,32-33H,3-4,7-8,10H2,1H3,(H,28,29,34)/t14-,18+,19+/m0/s1. The van der Waals surface area contributed by atoms with E-state index < -0.39 is 18.4 Å². The van der Waals surface area contributed by atoms with Gasteiger partial charge in [-0.15, -0.1) is 0 Å². The highest BCUT2D eigenvalue weighted by Crippen LogP contribution is 2.45. The molecule has 0 bridgehead atoms. The summed E-state index contributed by atoms with van der Waals surface area (Å²) in [6.45, 7) is 0.148. The Kier molecular flexibility index (Phi) is 5.94. The van der Waals surface area contributed by atoms with Crippen LogP contribution in [-0.2, 0) is 18.2 Å². The molecule has 13 heteroatoms. The van der Waals surface area contributed by atoms with E-state index in [4.69, 9.17) is 14.2 Å². The van der Waals surface area contributed by atoms with Gasteiger partial charge in [0.25, 0.3) is 0 Å². The van der Waals surface area contributed by atoms with E-state index in [0.29, 0.717) is 65.8 Å². The summed E-state index contributed by atoms with van der Waals surface area (Å²) < 4.78 is 20.8. The molecule has 3 N–H and O–H groups in total. The molecule has 2 aliphatic heterocycles. The summed E-state index contributed by atoms with van der Waals surface area (Å²) >= 11 is 0. The van der Waals surface area contributed by atoms with E-state index in [0.717, 1.165) is 5.69 Å². The average molecular weight is 508 g/mol. The molecule has 0 aliphatic carbocycles. The number of hydrogen-bond donors (Lipinski definition) is 3. The van der Waals surface area contributed by atoms with Gasteiger partial charge in [0.2, 0.25) is 0 Å². The van der Waals surface area contributed by atoms with E-state index >= 15 is 0 Å². The lowest BCUT2D eigenvalue weighted by atomic mass is 10.2. The molecular formula is C24H25N7O6. The third-order valence-corrected chi connectivity index (χ3v) is 6.45. The molecule has 3 atom stereocenters. The summed E-state index contributed by atoms with van der Waals surface area (Å²) in [5, 5.41) is 22.6. The number of aryl methyl sites for hydroxylation is 2. The van der Waals surface area contributed by atoms with Gasteiger partial charge in [-0.25, -0.2) is 19.7 Å². The van der Waals surface area contributed by atoms with E-state index in [1.807, 2.05) is 18.2 Å². The Balaban J connectivity index is 1.12. The zero-order valence-electron chi connectivity index (χ0n) is 19.9. The Morgan fingerprint density at radius 1 is 1.24 bits per heavy atom. The molecule has 1 fully saturated rings. The average Bonchev–Trinajstić information content (AvgIpc) is 3.49. The van der Waals surface area contributed by atoms with Crippen LogP contribution in [0.25, 0.3) is 11.2 Å². The molecule has 1 aromatic carbocycles. The van der Waals surface area contributed by atoms with E-state index in [1.165, 1.54) is 10.9 Å². The fraction of sp³-hybridized carbons (Fsp3) is 0.375. The predicted molar refractivity (Wildman–Crippen MR) is 130 cm³/mol. The lowest BCUT2D eigenvalue weighted by Gasteiger charge is -2.23. The molecule has 6 rings (SSSR count). The van der Waals surface area contributed by atoms with Gasteiger partial charge in [0.05, 0.1) is 37.5 Å². The SMILES string of the molecule is Cn1cc2c(nc1=O)Nc1c(OCCCc3ncnc4c3ncn4[C@H]3C[C@H](O)[C@@H](CO)O3)cccc1O2. The highest BCUT2D eigenvalue weighted by molar-refractivity contribution is 5.77. The summed E-state index contributed by atoms with van der Waals surface area (Å²) in [7, 11) is 1.61. The van der Waals surface area contributed by atoms with Crippen molar-refractivity contribution in [2.24, 2.45) is 7.05 Å². The summed E-state index contributed by atoms with van der Waals surface area (Å²) in [4.78, 5) is 29.2. The Morgan fingerprint density at radius 3 is 2.97 bits per heavy atom. The Morgan fingerprint density at radius 2 is 2.14 bits per heavy atom. The number of aliphatic hydroxyl groups excluding tert-OH is 2. The number of rotatable bonds is 7. The molecule has 0 unspecified atom stereocenters. The van der Waals surface area contributed by atoms with Crippen LogP contribution in [0.15, 0.2) is 41.8 Å². The van der Waals surface area contributed by atoms with Crippen LogP contribution in [-0.4, -0.2) is 64.7 Å². The highest BCUT2D eigenvalue weighted by atomic mass is 16.5. The van der Waals surface area contributed by atoms with Crippen LogP contribution < -0.4 is 20.5 Å². The van der Waals surface area contributed by atoms with Crippen LogP contribution in [0.5, 0.6) is 17.2 Å². The Labute approximate surface area is 210 Å². The van der Waals surface area contributed by atoms with Crippen LogP contribution in [0, 0.1) is 0 Å². The number of nitrogens with zero attached hydrogens (tertiary/aromatic N) is 6. The second-order valence-corrected chi connectivity index (χ2v) is 8.91. The number of para-hydroxylation sites is 1. The molecule has 192 valence electrons. The van der Waals surface area contributed by atoms with Gasteiger partial charge >= 0.3 is 5.69 Å². The summed E-state index contributed by atoms with van der Waals surface area (Å²) in [6, 6.07) is 5.47. The van der Waals surface area contributed by atoms with Crippen molar-refractivity contribution in [1.29, 1.82) is 0 Å². The molecule has 0 spiro atoms. The molecule has 1 saturated heterocycles. The van der Waals surface area contributed by atoms with Gasteiger partial charge in [-0.05, 0) is 25.0 Å². The number of nitrogens with one attached hydrogen (secondary N) is 1. The number of imidazole rings is 1. The molecular weight excluding hydrogens is 482 g/mol. The summed E-state index contributed by atoms with van der Waals surface area (Å²) in [6.07, 6.45) is 4.46. The number of ether oxygens (including phenoxy) is 3. The number of hydrogen-bond acceptors (Lipinski definition) is 11. The molecule has 13 nitrogen and oxygen atoms in total. The van der Waals surface area contributed by atoms with E-state index in [9.17, 15) is 15.0 Å². The molecule has 0 radical (unpaired) electrons. The molecule has 0 saturated carbocycles. The molecule has 2 aliphatic rings. The van der Waals surface area contributed by atoms with E-state index in [1.54, 1.807) is 24.1 Å². The van der Waals surface area contributed by atoms with Crippen molar-refractivity contribution in [3.8, 4) is 17.2 Å². The minimum absolute atomic E-state index is 0.252. The normalized spacial score (nSPS) is 20.2. The van der Waals surface area contributed by atoms with Gasteiger partial charge in [0, 0.05) is 13.5 Å². The minimum Gasteiger partial charge on any atom is -0.491 e. The van der Waals surface area contributed by atoms with E-state index in [-0.39, 0.29) is 12.3 Å². The first-order chi connectivity index (χ1) is 18.0. The van der Waals surface area contributed by atoms with Gasteiger partial charge in [-0.1, -0.05) is 6.07 Å². The first kappa shape index (κ1) is 23.3. The molecule has 3 aromatic heterocycles. The number of aromatic nitrogens is 6. The van der Waals surface area contributed by atoms with Crippen molar-refractivity contribution < 1.29 is 24.4 Å². The number of anilines is 2. The maximum Gasteiger partial charge on any atom is 0.349 e. The third kappa shape index (κ3) is 4.26. The Bertz CT molecular complexity index is 1520. The summed E-state index contributed by atoms with van der Waals surface area (Å²) in [5.41, 5.74) is 2.26. The minimum atomic E-state index is -0.746. The second-order valence-electron chi connectivity index (χ2n) is 8.91. The monoisotopic (exact) mass is 507 g/mol. The van der Waals surface area contributed by atoms with Gasteiger partial charge in [0.1, 0.15) is 35.6 Å². The maximum atomic E-state index is 11.9. The first-order valence-corrected chi connectivity index (χ1v) is 11.9. The van der Waals surface area contributed by atoms with Crippen molar-refractivity contribution >= 4 is 22.7 Å². The smallest absolute Gasteiger partial charge is 0.349 e. The summed E-state index contributed by atoms with van der Waals surface area (Å²) in [5.74, 6) is 1.97. The van der Waals surface area contributed by atoms with Crippen molar-refractivity contribution in [2.75, 3.05) is 18.5 Å². The second kappa shape index (κ2) is 9.42. The molecule has 4 aromatic rings. The lowest BCUT2D eigenvalue weighted by molar-refractivity contribution is -0.0432. The van der Waals surface area contributed by atoms with Crippen LogP contribution in [0.4, 0.5) is 11.5 Å². The van der Waals surface area contributed by atoms with Crippen molar-refractivity contribution in [2.45, 2.75) is 37.7 Å². The topological polar surface area (TPSA) is 159 Å². The molecule has 5 heterocycles. The first-order valence-electron chi connectivity index (χ1n) is 11.9. The number of benzene rings is 1. The van der Waals surface area contributed by atoms with Crippen molar-refractivity contribution in [3.63, 3.8) is 0 Å². The quantitative estimate of drug-likeness (QED) is 0.274. The zero-order valence-corrected chi connectivity index (χ0v) is 19.9. The largest absolute Gasteiger partial charge is 0.491 e. The van der Waals surface area contributed by atoms with Gasteiger partial charge in [0.15, 0.2) is 23.0 Å². The number of fused-ring (bicyclic) bond motifs is 3. The Hall–Kier alpha value is -4.07. The maximum absolute atomic E-state index is 11.9. The fourth-order valence-corrected chi connectivity index (χ4v) is 4.53. The molecule has 0 amide bonds. The van der Waals surface area contributed by atoms with Gasteiger partial charge in [-0.2, -0.15) is 4.98 Å². The molecule has 37 heavy (non-hydrogen) atoms. The third-order valence-electron chi connectivity index (χ3n) is 6.45. The van der Waals surface area contributed by atoms with Crippen LogP contribution in [0.1, 0.15) is 24.8 Å². The number of aliphatic hydroxyl groups is 2. The van der Waals surface area contributed by atoms with Gasteiger partial charge in [-0.3, -0.25) is 9.13 Å². The van der Waals surface area contributed by atoms with Crippen molar-refractivity contribution in [3.05, 3.63) is 53.2 Å². The van der Waals surface area contributed by atoms with Crippen LogP contribution in [0.2, 0.25) is 0 Å². The fourth-order valence-electron chi connectivity index (χ4n) is 4.53. The van der Waals surface area contributed by atoms with E-state index in [2.05, 4.69) is 25.3 Å². The van der Waals surface area contributed by atoms with Crippen LogP contribution in [0.3, 0.4) is 0 Å². The van der Waals surface area contributed by atoms with Crippen molar-refractivity contribution in [1.82, 2.24) is 29.1 Å².